The van der Waals surface area contributed by atoms with Gasteiger partial charge in [-0.15, -0.1) is 0 Å². The zero-order chi connectivity index (χ0) is 17.9. The summed E-state index contributed by atoms with van der Waals surface area (Å²) in [7, 11) is 0. The van der Waals surface area contributed by atoms with Gasteiger partial charge in [-0.25, -0.2) is 0 Å². The summed E-state index contributed by atoms with van der Waals surface area (Å²) in [6.45, 7) is 7.29. The maximum atomic E-state index is 11.3. The van der Waals surface area contributed by atoms with E-state index in [1.54, 1.807) is 6.92 Å². The van der Waals surface area contributed by atoms with Crippen LogP contribution < -0.4 is 0 Å². The van der Waals surface area contributed by atoms with Crippen molar-refractivity contribution in [2.24, 2.45) is 0 Å². The summed E-state index contributed by atoms with van der Waals surface area (Å²) in [6, 6.07) is 0. The number of carbonyl (C=O) groups is 2. The molecule has 1 rings (SSSR count). The van der Waals surface area contributed by atoms with Crippen molar-refractivity contribution in [1.82, 2.24) is 0 Å². The fourth-order valence-corrected chi connectivity index (χ4v) is 2.89. The van der Waals surface area contributed by atoms with Gasteiger partial charge in [0.1, 0.15) is 6.10 Å². The van der Waals surface area contributed by atoms with E-state index in [4.69, 9.17) is 18.9 Å². The van der Waals surface area contributed by atoms with Gasteiger partial charge < -0.3 is 18.9 Å². The summed E-state index contributed by atoms with van der Waals surface area (Å²) >= 11 is 0. The number of esters is 2. The Bertz CT molecular complexity index is 384. The summed E-state index contributed by atoms with van der Waals surface area (Å²) < 4.78 is 22.1. The summed E-state index contributed by atoms with van der Waals surface area (Å²) in [4.78, 5) is 22.5. The molecule has 0 bridgehead atoms. The molecule has 1 aliphatic heterocycles. The van der Waals surface area contributed by atoms with E-state index in [2.05, 4.69) is 6.92 Å². The summed E-state index contributed by atoms with van der Waals surface area (Å²) in [5.74, 6) is -0.819. The van der Waals surface area contributed by atoms with Crippen LogP contribution in [0.15, 0.2) is 0 Å². The number of ether oxygens (including phenoxy) is 4. The van der Waals surface area contributed by atoms with Gasteiger partial charge in [0.25, 0.3) is 0 Å². The Morgan fingerprint density at radius 3 is 2.25 bits per heavy atom. The minimum Gasteiger partial charge on any atom is -0.458 e. The molecule has 0 saturated carbocycles. The van der Waals surface area contributed by atoms with E-state index >= 15 is 0 Å². The van der Waals surface area contributed by atoms with Gasteiger partial charge >= 0.3 is 11.9 Å². The van der Waals surface area contributed by atoms with E-state index in [0.29, 0.717) is 13.0 Å². The van der Waals surface area contributed by atoms with Gasteiger partial charge in [0.05, 0.1) is 6.10 Å². The molecule has 0 radical (unpaired) electrons. The van der Waals surface area contributed by atoms with Gasteiger partial charge in [0, 0.05) is 26.9 Å². The largest absolute Gasteiger partial charge is 0.458 e. The van der Waals surface area contributed by atoms with E-state index < -0.39 is 30.4 Å². The molecular formula is C18H32O6. The molecule has 0 amide bonds. The molecule has 1 aliphatic rings. The topological polar surface area (TPSA) is 71.1 Å². The first-order chi connectivity index (χ1) is 11.4. The first-order valence-electron chi connectivity index (χ1n) is 9.05. The smallest absolute Gasteiger partial charge is 0.303 e. The quantitative estimate of drug-likeness (QED) is 0.447. The lowest BCUT2D eigenvalue weighted by atomic mass is 10.0. The van der Waals surface area contributed by atoms with Gasteiger partial charge in [-0.05, 0) is 13.3 Å². The standard InChI is InChI=1S/C18H32O6/c1-5-6-7-8-9-10-11-21-17-12-16(23-14(3)19)18(13(2)22-17)24-15(4)20/h13,16-18H,5-12H2,1-4H3/t13-,16-,17+,18-/m0/s1. The third-order valence-electron chi connectivity index (χ3n) is 4.04. The first kappa shape index (κ1) is 20.9. The average Bonchev–Trinajstić information content (AvgIpc) is 2.49. The molecule has 1 saturated heterocycles. The van der Waals surface area contributed by atoms with Gasteiger partial charge in [-0.1, -0.05) is 39.0 Å². The third-order valence-corrected chi connectivity index (χ3v) is 4.04. The zero-order valence-corrected chi connectivity index (χ0v) is 15.4. The van der Waals surface area contributed by atoms with E-state index in [9.17, 15) is 9.59 Å². The normalized spacial score (nSPS) is 26.8. The monoisotopic (exact) mass is 344 g/mol. The SMILES string of the molecule is CCCCCCCCO[C@H]1C[C@H](OC(C)=O)[C@@H](OC(C)=O)[C@H](C)O1. The highest BCUT2D eigenvalue weighted by atomic mass is 16.7. The molecule has 0 unspecified atom stereocenters. The van der Waals surface area contributed by atoms with E-state index in [1.807, 2.05) is 0 Å². The van der Waals surface area contributed by atoms with Gasteiger partial charge in [-0.3, -0.25) is 9.59 Å². The van der Waals surface area contributed by atoms with Crippen molar-refractivity contribution in [3.8, 4) is 0 Å². The maximum absolute atomic E-state index is 11.3. The summed E-state index contributed by atoms with van der Waals surface area (Å²) in [5.41, 5.74) is 0. The molecule has 4 atom stereocenters. The van der Waals surface area contributed by atoms with E-state index in [0.717, 1.165) is 12.8 Å². The first-order valence-corrected chi connectivity index (χ1v) is 9.05. The molecule has 1 fully saturated rings. The number of hydrogen-bond acceptors (Lipinski definition) is 6. The van der Waals surface area contributed by atoms with Crippen molar-refractivity contribution in [3.05, 3.63) is 0 Å². The molecule has 6 heteroatoms. The Balaban J connectivity index is 2.39. The molecule has 0 aromatic rings. The van der Waals surface area contributed by atoms with Crippen LogP contribution >= 0.6 is 0 Å². The predicted molar refractivity (Wildman–Crippen MR) is 89.4 cm³/mol. The van der Waals surface area contributed by atoms with Crippen molar-refractivity contribution < 1.29 is 28.5 Å². The molecule has 0 aromatic carbocycles. The second-order valence-corrected chi connectivity index (χ2v) is 6.37. The summed E-state index contributed by atoms with van der Waals surface area (Å²) in [6.07, 6.45) is 5.57. The molecule has 0 spiro atoms. The molecule has 1 heterocycles. The fourth-order valence-electron chi connectivity index (χ4n) is 2.89. The lowest BCUT2D eigenvalue weighted by molar-refractivity contribution is -0.255. The van der Waals surface area contributed by atoms with Crippen molar-refractivity contribution in [2.75, 3.05) is 6.61 Å². The van der Waals surface area contributed by atoms with Gasteiger partial charge in [0.2, 0.25) is 0 Å². The Morgan fingerprint density at radius 1 is 1.00 bits per heavy atom. The second kappa shape index (κ2) is 11.4. The highest BCUT2D eigenvalue weighted by molar-refractivity contribution is 5.67. The molecular weight excluding hydrogens is 312 g/mol. The Kier molecular flexibility index (Phi) is 9.95. The highest BCUT2D eigenvalue weighted by Crippen LogP contribution is 2.26. The lowest BCUT2D eigenvalue weighted by Gasteiger charge is -2.38. The maximum Gasteiger partial charge on any atom is 0.303 e. The molecule has 140 valence electrons. The fraction of sp³-hybridized carbons (Fsp3) is 0.889. The Morgan fingerprint density at radius 2 is 1.62 bits per heavy atom. The average molecular weight is 344 g/mol. The van der Waals surface area contributed by atoms with Gasteiger partial charge in [0.15, 0.2) is 12.4 Å². The number of carbonyl (C=O) groups excluding carboxylic acids is 2. The summed E-state index contributed by atoms with van der Waals surface area (Å²) in [5, 5.41) is 0. The molecule has 0 N–H and O–H groups in total. The van der Waals surface area contributed by atoms with Crippen LogP contribution in [0.1, 0.15) is 72.6 Å². The van der Waals surface area contributed by atoms with Crippen LogP contribution in [0.5, 0.6) is 0 Å². The Labute approximate surface area is 145 Å². The molecule has 6 nitrogen and oxygen atoms in total. The highest BCUT2D eigenvalue weighted by Gasteiger charge is 2.41. The number of hydrogen-bond donors (Lipinski definition) is 0. The minimum absolute atomic E-state index is 0.373. The van der Waals surface area contributed by atoms with Gasteiger partial charge in [-0.2, -0.15) is 0 Å². The molecule has 0 aliphatic carbocycles. The van der Waals surface area contributed by atoms with E-state index in [-0.39, 0.29) is 6.10 Å². The van der Waals surface area contributed by atoms with Crippen molar-refractivity contribution in [2.45, 2.75) is 97.2 Å². The minimum atomic E-state index is -0.597. The molecule has 0 aromatic heterocycles. The second-order valence-electron chi connectivity index (χ2n) is 6.37. The van der Waals surface area contributed by atoms with Crippen molar-refractivity contribution >= 4 is 11.9 Å². The lowest BCUT2D eigenvalue weighted by Crippen LogP contribution is -2.51. The zero-order valence-electron chi connectivity index (χ0n) is 15.4. The van der Waals surface area contributed by atoms with Crippen LogP contribution in [0.3, 0.4) is 0 Å². The molecule has 24 heavy (non-hydrogen) atoms. The van der Waals surface area contributed by atoms with Crippen LogP contribution in [0.4, 0.5) is 0 Å². The van der Waals surface area contributed by atoms with Crippen molar-refractivity contribution in [3.63, 3.8) is 0 Å². The van der Waals surface area contributed by atoms with Crippen LogP contribution in [-0.4, -0.2) is 43.1 Å². The Hall–Kier alpha value is -1.14. The van der Waals surface area contributed by atoms with Crippen LogP contribution in [0.2, 0.25) is 0 Å². The van der Waals surface area contributed by atoms with Crippen LogP contribution in [-0.2, 0) is 28.5 Å². The van der Waals surface area contributed by atoms with Crippen LogP contribution in [0.25, 0.3) is 0 Å². The predicted octanol–water partition coefficient (Wildman–Crippen LogP) is 3.36. The van der Waals surface area contributed by atoms with Crippen LogP contribution in [0, 0.1) is 0 Å². The number of unbranched alkanes of at least 4 members (excludes halogenated alkanes) is 5. The number of rotatable bonds is 10. The van der Waals surface area contributed by atoms with Crippen molar-refractivity contribution in [1.29, 1.82) is 0 Å². The van der Waals surface area contributed by atoms with E-state index in [1.165, 1.54) is 39.5 Å². The third kappa shape index (κ3) is 8.11.